The molecule has 8 rings (SSSR count). The lowest BCUT2D eigenvalue weighted by Crippen LogP contribution is -2.68. The summed E-state index contributed by atoms with van der Waals surface area (Å²) in [6.07, 6.45) is -11.8. The first-order valence-corrected chi connectivity index (χ1v) is 23.5. The van der Waals surface area contributed by atoms with Gasteiger partial charge in [-0.05, 0) is 103 Å². The molecule has 0 unspecified atom stereocenters. The quantitative estimate of drug-likeness (QED) is 0.0980. The molecule has 1 aromatic rings. The van der Waals surface area contributed by atoms with Gasteiger partial charge < -0.3 is 69.6 Å². The molecule has 0 spiro atoms. The van der Waals surface area contributed by atoms with Crippen molar-refractivity contribution in [3.05, 3.63) is 47.5 Å². The first kappa shape index (κ1) is 48.9. The number of allylic oxidation sites excluding steroid dienone is 2. The van der Waals surface area contributed by atoms with E-state index < -0.39 is 120 Å². The van der Waals surface area contributed by atoms with Crippen LogP contribution in [0.15, 0.2) is 42.0 Å². The number of ether oxygens (including phenoxy) is 5. The Morgan fingerprint density at radius 3 is 2.06 bits per heavy atom. The number of carboxylic acids is 1. The van der Waals surface area contributed by atoms with Crippen LogP contribution in [0.4, 0.5) is 0 Å². The van der Waals surface area contributed by atoms with Crippen molar-refractivity contribution in [3.63, 3.8) is 0 Å². The molecule has 0 aromatic heterocycles. The topological polar surface area (TPSA) is 262 Å². The van der Waals surface area contributed by atoms with Gasteiger partial charge in [0.2, 0.25) is 0 Å². The maximum Gasteiger partial charge on any atom is 0.338 e. The third kappa shape index (κ3) is 7.56. The van der Waals surface area contributed by atoms with Gasteiger partial charge in [0.05, 0.1) is 31.0 Å². The Morgan fingerprint density at radius 2 is 1.42 bits per heavy atom. The number of benzene rings is 1. The van der Waals surface area contributed by atoms with E-state index in [9.17, 15) is 55.5 Å². The molecule has 1 aromatic carbocycles. The number of fused-ring (bicyclic) bond motifs is 7. The second kappa shape index (κ2) is 17.1. The number of hydrogen-bond donors (Lipinski definition) is 9. The number of aliphatic hydroxyl groups is 8. The average Bonchev–Trinajstić information content (AvgIpc) is 3.25. The molecule has 2 saturated heterocycles. The fourth-order valence-corrected chi connectivity index (χ4v) is 14.7. The second-order valence-electron chi connectivity index (χ2n) is 22.6. The van der Waals surface area contributed by atoms with Crippen LogP contribution < -0.4 is 0 Å². The minimum absolute atomic E-state index is 0.104. The highest BCUT2D eigenvalue weighted by molar-refractivity contribution is 5.89. The van der Waals surface area contributed by atoms with Gasteiger partial charge in [0.25, 0.3) is 0 Å². The summed E-state index contributed by atoms with van der Waals surface area (Å²) in [5.41, 5.74) is -0.973. The van der Waals surface area contributed by atoms with Crippen LogP contribution in [0.25, 0.3) is 0 Å². The average molecular weight is 917 g/mol. The van der Waals surface area contributed by atoms with Gasteiger partial charge in [-0.15, -0.1) is 0 Å². The van der Waals surface area contributed by atoms with Gasteiger partial charge in [-0.2, -0.15) is 0 Å². The van der Waals surface area contributed by atoms with Crippen LogP contribution in [-0.2, 0) is 28.5 Å². The summed E-state index contributed by atoms with van der Waals surface area (Å²) in [6.45, 7) is 14.6. The van der Waals surface area contributed by atoms with E-state index in [0.29, 0.717) is 31.2 Å². The summed E-state index contributed by atoms with van der Waals surface area (Å²) in [6, 6.07) is 8.89. The van der Waals surface area contributed by atoms with E-state index in [1.165, 1.54) is 5.57 Å². The minimum atomic E-state index is -1.96. The van der Waals surface area contributed by atoms with E-state index in [2.05, 4.69) is 54.5 Å². The summed E-state index contributed by atoms with van der Waals surface area (Å²) in [5, 5.41) is 97.5. The number of hydrogen-bond acceptors (Lipinski definition) is 15. The van der Waals surface area contributed by atoms with E-state index in [-0.39, 0.29) is 35.2 Å². The lowest BCUT2D eigenvalue weighted by molar-refractivity contribution is -0.365. The summed E-state index contributed by atoms with van der Waals surface area (Å²) in [4.78, 5) is 25.8. The van der Waals surface area contributed by atoms with Crippen molar-refractivity contribution in [1.82, 2.24) is 0 Å². The molecule has 6 fully saturated rings. The van der Waals surface area contributed by atoms with Gasteiger partial charge in [-0.1, -0.05) is 78.3 Å². The Kier molecular flexibility index (Phi) is 12.9. The number of carbonyl (C=O) groups excluding carboxylic acids is 1. The maximum atomic E-state index is 13.4. The van der Waals surface area contributed by atoms with Crippen LogP contribution in [0.2, 0.25) is 0 Å². The van der Waals surface area contributed by atoms with Gasteiger partial charge in [0, 0.05) is 10.8 Å². The summed E-state index contributed by atoms with van der Waals surface area (Å²) in [5.74, 6) is -1.79. The van der Waals surface area contributed by atoms with E-state index >= 15 is 0 Å². The van der Waals surface area contributed by atoms with E-state index in [1.807, 2.05) is 6.07 Å². The van der Waals surface area contributed by atoms with Crippen LogP contribution in [0.3, 0.4) is 0 Å². The van der Waals surface area contributed by atoms with Crippen LogP contribution in [0, 0.1) is 50.2 Å². The molecule has 2 heterocycles. The van der Waals surface area contributed by atoms with Gasteiger partial charge >= 0.3 is 11.9 Å². The summed E-state index contributed by atoms with van der Waals surface area (Å²) >= 11 is 0. The maximum absolute atomic E-state index is 13.4. The number of rotatable bonds is 9. The van der Waals surface area contributed by atoms with Gasteiger partial charge in [0.1, 0.15) is 48.8 Å². The van der Waals surface area contributed by atoms with Crippen molar-refractivity contribution in [2.45, 2.75) is 180 Å². The molecular formula is C49H72O16. The zero-order valence-corrected chi connectivity index (χ0v) is 38.7. The van der Waals surface area contributed by atoms with Crippen molar-refractivity contribution >= 4 is 11.9 Å². The Morgan fingerprint density at radius 1 is 0.738 bits per heavy atom. The highest BCUT2D eigenvalue weighted by atomic mass is 16.7. The fraction of sp³-hybridized carbons (Fsp3) is 0.796. The Labute approximate surface area is 380 Å². The zero-order valence-electron chi connectivity index (χ0n) is 38.7. The van der Waals surface area contributed by atoms with E-state index in [1.54, 1.807) is 24.3 Å². The largest absolute Gasteiger partial charge is 0.479 e. The molecule has 9 N–H and O–H groups in total. The van der Waals surface area contributed by atoms with E-state index in [4.69, 9.17) is 23.7 Å². The van der Waals surface area contributed by atoms with Crippen LogP contribution >= 0.6 is 0 Å². The smallest absolute Gasteiger partial charge is 0.338 e. The number of carbonyl (C=O) groups is 2. The zero-order chi connectivity index (χ0) is 47.4. The van der Waals surface area contributed by atoms with Crippen LogP contribution in [-0.4, -0.2) is 151 Å². The molecule has 20 atom stereocenters. The highest BCUT2D eigenvalue weighted by Gasteiger charge is 2.71. The lowest BCUT2D eigenvalue weighted by atomic mass is 9.33. The standard InChI is InChI=1S/C49H72O16/c1-44(2)19-26-25-13-14-29-46(5)17-16-31(63-43-37(57)38(36(56)39(65-43)40(58)59)64-42-35(55)34(54)33(53)27(22-50)61-42)45(3,4)28(46)15-18-47(29,6)48(25,7)20-30(52)49(26,23-51)21-32(44)62-41(60)24-11-9-8-10-12-24/h8-13,26-39,42-43,50-57H,14-23H2,1-7H3,(H,58,59)/t26-,27+,28-,29+,30-,31-,32-,33+,34-,35+,36-,37+,38-,39-,42-,43+,46-,47+,48+,49+/m0/s1. The van der Waals surface area contributed by atoms with Crippen molar-refractivity contribution in [1.29, 1.82) is 0 Å². The predicted molar refractivity (Wildman–Crippen MR) is 230 cm³/mol. The van der Waals surface area contributed by atoms with Crippen LogP contribution in [0.5, 0.6) is 0 Å². The molecule has 4 saturated carbocycles. The first-order chi connectivity index (χ1) is 30.4. The first-order valence-electron chi connectivity index (χ1n) is 23.5. The molecule has 0 radical (unpaired) electrons. The van der Waals surface area contributed by atoms with Crippen molar-refractivity contribution < 1.29 is 79.2 Å². The number of esters is 1. The molecule has 0 bridgehead atoms. The summed E-state index contributed by atoms with van der Waals surface area (Å²) < 4.78 is 29.8. The van der Waals surface area contributed by atoms with E-state index in [0.717, 1.165) is 25.7 Å². The fourth-order valence-electron chi connectivity index (χ4n) is 14.7. The normalized spacial score (nSPS) is 48.9. The molecule has 16 heteroatoms. The molecule has 65 heavy (non-hydrogen) atoms. The number of aliphatic hydroxyl groups excluding tert-OH is 8. The SMILES string of the molecule is CC1(C)C[C@H]2C3=CC[C@@H]4[C@@]5(C)CC[C@H](O[C@@H]6O[C@H](C(=O)O)[C@@H](O)[C@H](O[C@@H]7O[C@H](CO)[C@@H](O)[C@H](O)[C@H]7O)[C@H]6O)C(C)(C)[C@@H]5CC[C@@]4(C)[C@]3(C)C[C@H](O)[C@@]2(CO)C[C@@H]1OC(=O)c1ccccc1. The Balaban J connectivity index is 1.03. The third-order valence-electron chi connectivity index (χ3n) is 18.7. The number of aliphatic carboxylic acids is 1. The van der Waals surface area contributed by atoms with Crippen molar-refractivity contribution in [2.24, 2.45) is 50.2 Å². The molecule has 0 amide bonds. The monoisotopic (exact) mass is 916 g/mol. The predicted octanol–water partition coefficient (Wildman–Crippen LogP) is 2.69. The van der Waals surface area contributed by atoms with Gasteiger partial charge in [-0.25, -0.2) is 9.59 Å². The van der Waals surface area contributed by atoms with Crippen LogP contribution in [0.1, 0.15) is 110 Å². The van der Waals surface area contributed by atoms with Crippen molar-refractivity contribution in [2.75, 3.05) is 13.2 Å². The second-order valence-corrected chi connectivity index (χ2v) is 22.6. The minimum Gasteiger partial charge on any atom is -0.479 e. The molecular weight excluding hydrogens is 845 g/mol. The molecule has 16 nitrogen and oxygen atoms in total. The third-order valence-corrected chi connectivity index (χ3v) is 18.7. The Hall–Kier alpha value is -2.58. The molecule has 2 aliphatic heterocycles. The lowest BCUT2D eigenvalue weighted by Gasteiger charge is -2.72. The highest BCUT2D eigenvalue weighted by Crippen LogP contribution is 2.76. The van der Waals surface area contributed by atoms with Gasteiger partial charge in [0.15, 0.2) is 18.7 Å². The summed E-state index contributed by atoms with van der Waals surface area (Å²) in [7, 11) is 0. The van der Waals surface area contributed by atoms with Gasteiger partial charge in [-0.3, -0.25) is 0 Å². The Bertz CT molecular complexity index is 1960. The molecule has 5 aliphatic carbocycles. The molecule has 7 aliphatic rings. The molecule has 364 valence electrons. The number of carboxylic acid groups (broad SMARTS) is 1. The van der Waals surface area contributed by atoms with Crippen molar-refractivity contribution in [3.8, 4) is 0 Å².